The molecule has 2 amide bonds. The van der Waals surface area contributed by atoms with E-state index >= 15 is 0 Å². The fourth-order valence-corrected chi connectivity index (χ4v) is 6.83. The van der Waals surface area contributed by atoms with Crippen LogP contribution in [0, 0.1) is 35.3 Å². The Labute approximate surface area is 170 Å². The van der Waals surface area contributed by atoms with E-state index in [1.165, 1.54) is 19.3 Å². The molecule has 0 unspecified atom stereocenters. The van der Waals surface area contributed by atoms with Crippen molar-refractivity contribution in [3.8, 4) is 0 Å². The largest absolute Gasteiger partial charge is 0.350 e. The molecule has 4 bridgehead atoms. The van der Waals surface area contributed by atoms with Crippen LogP contribution in [0.4, 0.5) is 8.78 Å². The van der Waals surface area contributed by atoms with Crippen LogP contribution in [0.25, 0.3) is 0 Å². The molecule has 1 N–H and O–H groups in total. The Bertz CT molecular complexity index is 777. The molecule has 6 rings (SSSR count). The summed E-state index contributed by atoms with van der Waals surface area (Å²) < 4.78 is 26.8. The van der Waals surface area contributed by atoms with Crippen LogP contribution in [-0.4, -0.2) is 35.3 Å². The van der Waals surface area contributed by atoms with E-state index in [9.17, 15) is 18.4 Å². The summed E-state index contributed by atoms with van der Waals surface area (Å²) in [5.74, 6) is 0.528. The number of hydrogen-bond acceptors (Lipinski definition) is 2. The monoisotopic (exact) mass is 402 g/mol. The zero-order valence-electron chi connectivity index (χ0n) is 16.6. The number of piperidine rings is 1. The summed E-state index contributed by atoms with van der Waals surface area (Å²) >= 11 is 0. The highest BCUT2D eigenvalue weighted by Crippen LogP contribution is 2.55. The van der Waals surface area contributed by atoms with Gasteiger partial charge in [-0.05, 0) is 81.3 Å². The van der Waals surface area contributed by atoms with Crippen molar-refractivity contribution in [3.05, 3.63) is 35.4 Å². The van der Waals surface area contributed by atoms with Crippen LogP contribution >= 0.6 is 0 Å². The van der Waals surface area contributed by atoms with Gasteiger partial charge in [0.1, 0.15) is 11.6 Å². The molecule has 156 valence electrons. The number of hydrogen-bond donors (Lipinski definition) is 1. The Hall–Kier alpha value is -1.98. The van der Waals surface area contributed by atoms with E-state index in [1.807, 2.05) is 0 Å². The number of benzene rings is 1. The maximum absolute atomic E-state index is 13.4. The average molecular weight is 402 g/mol. The van der Waals surface area contributed by atoms with Gasteiger partial charge in [-0.1, -0.05) is 0 Å². The maximum atomic E-state index is 13.4. The van der Waals surface area contributed by atoms with Crippen molar-refractivity contribution >= 4 is 11.8 Å². The van der Waals surface area contributed by atoms with Gasteiger partial charge in [-0.3, -0.25) is 9.59 Å². The Morgan fingerprint density at radius 1 is 0.897 bits per heavy atom. The summed E-state index contributed by atoms with van der Waals surface area (Å²) in [5, 5.41) is 3.44. The third-order valence-electron chi connectivity index (χ3n) is 7.69. The fourth-order valence-electron chi connectivity index (χ4n) is 6.83. The van der Waals surface area contributed by atoms with Crippen molar-refractivity contribution in [1.29, 1.82) is 0 Å². The second-order valence-corrected chi connectivity index (χ2v) is 9.91. The summed E-state index contributed by atoms with van der Waals surface area (Å²) in [6.45, 7) is 0.881. The van der Waals surface area contributed by atoms with Gasteiger partial charge in [0.2, 0.25) is 5.91 Å². The van der Waals surface area contributed by atoms with Gasteiger partial charge in [0.15, 0.2) is 0 Å². The summed E-state index contributed by atoms with van der Waals surface area (Å²) in [6.07, 6.45) is 8.62. The quantitative estimate of drug-likeness (QED) is 0.834. The van der Waals surface area contributed by atoms with Gasteiger partial charge >= 0.3 is 0 Å². The number of carbonyl (C=O) groups is 2. The summed E-state index contributed by atoms with van der Waals surface area (Å²) in [4.78, 5) is 27.2. The average Bonchev–Trinajstić information content (AvgIpc) is 2.65. The van der Waals surface area contributed by atoms with E-state index in [0.29, 0.717) is 25.9 Å². The highest BCUT2D eigenvalue weighted by atomic mass is 19.1. The minimum Gasteiger partial charge on any atom is -0.350 e. The van der Waals surface area contributed by atoms with Gasteiger partial charge in [-0.2, -0.15) is 0 Å². The summed E-state index contributed by atoms with van der Waals surface area (Å²) in [6, 6.07) is 2.90. The van der Waals surface area contributed by atoms with Crippen LogP contribution in [0.5, 0.6) is 0 Å². The van der Waals surface area contributed by atoms with Crippen molar-refractivity contribution in [2.45, 2.75) is 56.9 Å². The van der Waals surface area contributed by atoms with Gasteiger partial charge in [0, 0.05) is 36.2 Å². The third-order valence-corrected chi connectivity index (χ3v) is 7.69. The molecule has 0 radical (unpaired) electrons. The second-order valence-electron chi connectivity index (χ2n) is 9.91. The minimum absolute atomic E-state index is 0.0118. The maximum Gasteiger partial charge on any atom is 0.254 e. The molecule has 5 fully saturated rings. The Kier molecular flexibility index (Phi) is 4.63. The van der Waals surface area contributed by atoms with Crippen LogP contribution in [0.3, 0.4) is 0 Å². The zero-order valence-corrected chi connectivity index (χ0v) is 16.6. The van der Waals surface area contributed by atoms with Crippen molar-refractivity contribution in [1.82, 2.24) is 10.2 Å². The standard InChI is InChI=1S/C23H28F2N2O2/c24-19-8-18(9-20(25)10-19)22(29)27-3-1-17(2-4-27)21(28)26-23-11-14-5-15(12-23)7-16(6-14)13-23/h8-10,14-17H,1-7,11-13H2,(H,26,28). The van der Waals surface area contributed by atoms with E-state index in [1.54, 1.807) is 4.90 Å². The van der Waals surface area contributed by atoms with Crippen LogP contribution in [0.15, 0.2) is 18.2 Å². The predicted molar refractivity (Wildman–Crippen MR) is 104 cm³/mol. The number of halogens is 2. The molecular formula is C23H28F2N2O2. The normalized spacial score (nSPS) is 33.7. The number of rotatable bonds is 3. The van der Waals surface area contributed by atoms with E-state index in [0.717, 1.165) is 55.2 Å². The van der Waals surface area contributed by atoms with E-state index in [4.69, 9.17) is 0 Å². The Balaban J connectivity index is 1.19. The molecule has 0 atom stereocenters. The lowest BCUT2D eigenvalue weighted by Gasteiger charge is -2.57. The van der Waals surface area contributed by atoms with Gasteiger partial charge < -0.3 is 10.2 Å². The van der Waals surface area contributed by atoms with Crippen molar-refractivity contribution in [2.24, 2.45) is 23.7 Å². The first-order chi connectivity index (χ1) is 13.9. The van der Waals surface area contributed by atoms with Gasteiger partial charge in [0.05, 0.1) is 0 Å². The molecule has 29 heavy (non-hydrogen) atoms. The molecule has 0 aromatic heterocycles. The highest BCUT2D eigenvalue weighted by molar-refractivity contribution is 5.94. The number of nitrogens with zero attached hydrogens (tertiary/aromatic N) is 1. The smallest absolute Gasteiger partial charge is 0.254 e. The lowest BCUT2D eigenvalue weighted by molar-refractivity contribution is -0.132. The second kappa shape index (κ2) is 7.06. The number of carbonyl (C=O) groups excluding carboxylic acids is 2. The van der Waals surface area contributed by atoms with Gasteiger partial charge in [-0.15, -0.1) is 0 Å². The lowest BCUT2D eigenvalue weighted by atomic mass is 9.53. The van der Waals surface area contributed by atoms with Crippen LogP contribution in [-0.2, 0) is 4.79 Å². The first-order valence-corrected chi connectivity index (χ1v) is 11.0. The minimum atomic E-state index is -0.752. The molecule has 1 aromatic carbocycles. The molecule has 4 saturated carbocycles. The molecule has 4 aliphatic carbocycles. The van der Waals surface area contributed by atoms with Crippen molar-refractivity contribution < 1.29 is 18.4 Å². The summed E-state index contributed by atoms with van der Waals surface area (Å²) in [5.41, 5.74) is 0.0386. The van der Waals surface area contributed by atoms with Gasteiger partial charge in [0.25, 0.3) is 5.91 Å². The molecule has 5 aliphatic rings. The molecule has 4 nitrogen and oxygen atoms in total. The molecule has 1 heterocycles. The zero-order chi connectivity index (χ0) is 20.2. The lowest BCUT2D eigenvalue weighted by Crippen LogP contribution is -2.61. The molecule has 1 aromatic rings. The Morgan fingerprint density at radius 2 is 1.41 bits per heavy atom. The molecular weight excluding hydrogens is 374 g/mol. The molecule has 1 aliphatic heterocycles. The predicted octanol–water partition coefficient (Wildman–Crippen LogP) is 3.90. The first kappa shape index (κ1) is 19.0. The molecule has 6 heteroatoms. The molecule has 0 spiro atoms. The topological polar surface area (TPSA) is 49.4 Å². The molecule has 1 saturated heterocycles. The highest BCUT2D eigenvalue weighted by Gasteiger charge is 2.51. The number of likely N-dealkylation sites (tertiary alicyclic amines) is 1. The SMILES string of the molecule is O=C(NC12CC3CC(CC(C3)C1)C2)C1CCN(C(=O)c2cc(F)cc(F)c2)CC1. The summed E-state index contributed by atoms with van der Waals surface area (Å²) in [7, 11) is 0. The van der Waals surface area contributed by atoms with Crippen molar-refractivity contribution in [3.63, 3.8) is 0 Å². The Morgan fingerprint density at radius 3 is 1.93 bits per heavy atom. The van der Waals surface area contributed by atoms with Crippen LogP contribution < -0.4 is 5.32 Å². The van der Waals surface area contributed by atoms with E-state index in [2.05, 4.69) is 5.32 Å². The third kappa shape index (κ3) is 3.66. The van der Waals surface area contributed by atoms with Crippen LogP contribution in [0.2, 0.25) is 0 Å². The van der Waals surface area contributed by atoms with Crippen LogP contribution in [0.1, 0.15) is 61.7 Å². The number of amides is 2. The van der Waals surface area contributed by atoms with Crippen molar-refractivity contribution in [2.75, 3.05) is 13.1 Å². The van der Waals surface area contributed by atoms with Gasteiger partial charge in [-0.25, -0.2) is 8.78 Å². The first-order valence-electron chi connectivity index (χ1n) is 11.0. The number of nitrogens with one attached hydrogen (secondary N) is 1. The fraction of sp³-hybridized carbons (Fsp3) is 0.652. The van der Waals surface area contributed by atoms with E-state index in [-0.39, 0.29) is 28.8 Å². The van der Waals surface area contributed by atoms with E-state index < -0.39 is 11.6 Å².